The summed E-state index contributed by atoms with van der Waals surface area (Å²) in [6, 6.07) is 16.5. The number of nitrogens with one attached hydrogen (secondary N) is 1. The van der Waals surface area contributed by atoms with E-state index in [1.165, 1.54) is 0 Å². The molecule has 0 saturated heterocycles. The van der Waals surface area contributed by atoms with Crippen LogP contribution in [0.15, 0.2) is 63.9 Å². The van der Waals surface area contributed by atoms with Crippen LogP contribution < -0.4 is 4.72 Å². The van der Waals surface area contributed by atoms with Gasteiger partial charge in [-0.3, -0.25) is 0 Å². The molecule has 3 aromatic rings. The van der Waals surface area contributed by atoms with Gasteiger partial charge >= 0.3 is 0 Å². The number of rotatable bonds is 5. The molecule has 0 fully saturated rings. The second-order valence-corrected chi connectivity index (χ2v) is 7.20. The number of hydrogen-bond donors (Lipinski definition) is 1. The highest BCUT2D eigenvalue weighted by atomic mass is 32.2. The Morgan fingerprint density at radius 1 is 1.00 bits per heavy atom. The summed E-state index contributed by atoms with van der Waals surface area (Å²) in [5.74, 6) is 0.995. The molecule has 3 rings (SSSR count). The molecular weight excluding hydrogens is 324 g/mol. The van der Waals surface area contributed by atoms with Crippen molar-refractivity contribution in [3.8, 4) is 11.3 Å². The Kier molecular flexibility index (Phi) is 4.51. The Morgan fingerprint density at radius 2 is 1.67 bits per heavy atom. The number of aromatic nitrogens is 1. The van der Waals surface area contributed by atoms with Crippen LogP contribution in [0.3, 0.4) is 0 Å². The molecule has 0 bridgehead atoms. The van der Waals surface area contributed by atoms with Crippen molar-refractivity contribution < 1.29 is 12.8 Å². The lowest BCUT2D eigenvalue weighted by Gasteiger charge is -2.07. The van der Waals surface area contributed by atoms with E-state index in [1.807, 2.05) is 37.3 Å². The van der Waals surface area contributed by atoms with Gasteiger partial charge in [-0.15, -0.1) is 0 Å². The summed E-state index contributed by atoms with van der Waals surface area (Å²) >= 11 is 0. The summed E-state index contributed by atoms with van der Waals surface area (Å²) in [6.45, 7) is 3.58. The molecule has 0 radical (unpaired) electrons. The first kappa shape index (κ1) is 16.4. The molecule has 6 heteroatoms. The van der Waals surface area contributed by atoms with Gasteiger partial charge in [0.15, 0.2) is 0 Å². The van der Waals surface area contributed by atoms with Crippen LogP contribution in [0.5, 0.6) is 0 Å². The van der Waals surface area contributed by atoms with Crippen LogP contribution >= 0.6 is 0 Å². The SMILES string of the molecule is Cc1ccccc1S(=O)(=O)NCc1nc(-c2ccccc2)c(C)o1. The van der Waals surface area contributed by atoms with Gasteiger partial charge in [0.25, 0.3) is 0 Å². The first-order valence-electron chi connectivity index (χ1n) is 7.54. The maximum absolute atomic E-state index is 12.4. The van der Waals surface area contributed by atoms with Crippen molar-refractivity contribution in [2.75, 3.05) is 0 Å². The van der Waals surface area contributed by atoms with Crippen LogP contribution in [0.2, 0.25) is 0 Å². The van der Waals surface area contributed by atoms with Gasteiger partial charge in [0.1, 0.15) is 11.5 Å². The summed E-state index contributed by atoms with van der Waals surface area (Å²) in [6.07, 6.45) is 0. The highest BCUT2D eigenvalue weighted by molar-refractivity contribution is 7.89. The first-order valence-corrected chi connectivity index (χ1v) is 9.03. The molecule has 0 atom stereocenters. The molecule has 5 nitrogen and oxygen atoms in total. The van der Waals surface area contributed by atoms with E-state index in [-0.39, 0.29) is 11.4 Å². The Balaban J connectivity index is 1.80. The van der Waals surface area contributed by atoms with Gasteiger partial charge in [-0.05, 0) is 25.5 Å². The zero-order chi connectivity index (χ0) is 17.2. The fraction of sp³-hybridized carbons (Fsp3) is 0.167. The average molecular weight is 342 g/mol. The lowest BCUT2D eigenvalue weighted by atomic mass is 10.1. The third-order valence-corrected chi connectivity index (χ3v) is 5.25. The van der Waals surface area contributed by atoms with Gasteiger partial charge in [0.05, 0.1) is 11.4 Å². The Bertz CT molecular complexity index is 947. The molecule has 0 spiro atoms. The number of sulfonamides is 1. The normalized spacial score (nSPS) is 11.6. The van der Waals surface area contributed by atoms with E-state index >= 15 is 0 Å². The molecule has 1 N–H and O–H groups in total. The standard InChI is InChI=1S/C18H18N2O3S/c1-13-8-6-7-11-16(13)24(21,22)19-12-17-20-18(14(2)23-17)15-9-4-3-5-10-15/h3-11,19H,12H2,1-2H3. The molecular formula is C18H18N2O3S. The van der Waals surface area contributed by atoms with E-state index in [2.05, 4.69) is 9.71 Å². The molecule has 0 amide bonds. The quantitative estimate of drug-likeness (QED) is 0.771. The Labute approximate surface area is 141 Å². The van der Waals surface area contributed by atoms with Crippen molar-refractivity contribution in [2.24, 2.45) is 0 Å². The topological polar surface area (TPSA) is 72.2 Å². The third kappa shape index (κ3) is 3.39. The summed E-state index contributed by atoms with van der Waals surface area (Å²) in [7, 11) is -3.61. The molecule has 0 unspecified atom stereocenters. The van der Waals surface area contributed by atoms with Crippen molar-refractivity contribution in [3.05, 3.63) is 71.8 Å². The van der Waals surface area contributed by atoms with Crippen LogP contribution in [0.1, 0.15) is 17.2 Å². The maximum Gasteiger partial charge on any atom is 0.241 e. The minimum absolute atomic E-state index is 0.00431. The average Bonchev–Trinajstić information content (AvgIpc) is 2.95. The van der Waals surface area contributed by atoms with Crippen molar-refractivity contribution in [1.29, 1.82) is 0 Å². The summed E-state index contributed by atoms with van der Waals surface area (Å²) < 4.78 is 32.9. The fourth-order valence-corrected chi connectivity index (χ4v) is 3.70. The minimum Gasteiger partial charge on any atom is -0.444 e. The number of oxazole rings is 1. The second-order valence-electron chi connectivity index (χ2n) is 5.47. The number of aryl methyl sites for hydroxylation is 2. The molecule has 124 valence electrons. The third-order valence-electron chi connectivity index (χ3n) is 3.68. The van der Waals surface area contributed by atoms with E-state index in [0.29, 0.717) is 17.2 Å². The van der Waals surface area contributed by atoms with Crippen LogP contribution in [-0.4, -0.2) is 13.4 Å². The summed E-state index contributed by atoms with van der Waals surface area (Å²) in [5.41, 5.74) is 2.35. The largest absolute Gasteiger partial charge is 0.444 e. The minimum atomic E-state index is -3.61. The number of benzene rings is 2. The Morgan fingerprint density at radius 3 is 2.38 bits per heavy atom. The van der Waals surface area contributed by atoms with Gasteiger partial charge < -0.3 is 4.42 Å². The van der Waals surface area contributed by atoms with E-state index in [4.69, 9.17) is 4.42 Å². The zero-order valence-corrected chi connectivity index (χ0v) is 14.3. The van der Waals surface area contributed by atoms with Crippen molar-refractivity contribution in [3.63, 3.8) is 0 Å². The highest BCUT2D eigenvalue weighted by Gasteiger charge is 2.18. The van der Waals surface area contributed by atoms with E-state index < -0.39 is 10.0 Å². The van der Waals surface area contributed by atoms with Gasteiger partial charge in [0.2, 0.25) is 15.9 Å². The number of hydrogen-bond acceptors (Lipinski definition) is 4. The molecule has 0 aliphatic carbocycles. The molecule has 24 heavy (non-hydrogen) atoms. The van der Waals surface area contributed by atoms with Gasteiger partial charge in [-0.1, -0.05) is 48.5 Å². The molecule has 1 heterocycles. The lowest BCUT2D eigenvalue weighted by molar-refractivity contribution is 0.463. The van der Waals surface area contributed by atoms with Gasteiger partial charge in [-0.2, -0.15) is 0 Å². The lowest BCUT2D eigenvalue weighted by Crippen LogP contribution is -2.24. The van der Waals surface area contributed by atoms with Crippen molar-refractivity contribution in [1.82, 2.24) is 9.71 Å². The highest BCUT2D eigenvalue weighted by Crippen LogP contribution is 2.23. The molecule has 1 aromatic heterocycles. The molecule has 0 aliphatic rings. The van der Waals surface area contributed by atoms with Gasteiger partial charge in [-0.25, -0.2) is 18.1 Å². The molecule has 0 saturated carbocycles. The van der Waals surface area contributed by atoms with Gasteiger partial charge in [0, 0.05) is 5.56 Å². The Hall–Kier alpha value is -2.44. The maximum atomic E-state index is 12.4. The monoisotopic (exact) mass is 342 g/mol. The van der Waals surface area contributed by atoms with E-state index in [0.717, 1.165) is 11.3 Å². The zero-order valence-electron chi connectivity index (χ0n) is 13.5. The van der Waals surface area contributed by atoms with Crippen LogP contribution in [0.4, 0.5) is 0 Å². The molecule has 2 aromatic carbocycles. The second kappa shape index (κ2) is 6.59. The van der Waals surface area contributed by atoms with Crippen LogP contribution in [-0.2, 0) is 16.6 Å². The fourth-order valence-electron chi connectivity index (χ4n) is 2.48. The van der Waals surface area contributed by atoms with Crippen LogP contribution in [0, 0.1) is 13.8 Å². The van der Waals surface area contributed by atoms with Crippen molar-refractivity contribution in [2.45, 2.75) is 25.3 Å². The predicted octanol–water partition coefficient (Wildman–Crippen LogP) is 3.44. The van der Waals surface area contributed by atoms with Crippen LogP contribution in [0.25, 0.3) is 11.3 Å². The predicted molar refractivity (Wildman–Crippen MR) is 91.9 cm³/mol. The van der Waals surface area contributed by atoms with E-state index in [1.54, 1.807) is 31.2 Å². The number of nitrogens with zero attached hydrogens (tertiary/aromatic N) is 1. The van der Waals surface area contributed by atoms with Crippen molar-refractivity contribution >= 4 is 10.0 Å². The summed E-state index contributed by atoms with van der Waals surface area (Å²) in [5, 5.41) is 0. The first-order chi connectivity index (χ1) is 11.5. The van der Waals surface area contributed by atoms with E-state index in [9.17, 15) is 8.42 Å². The smallest absolute Gasteiger partial charge is 0.241 e. The summed E-state index contributed by atoms with van der Waals surface area (Å²) in [4.78, 5) is 4.67. The molecule has 0 aliphatic heterocycles.